The van der Waals surface area contributed by atoms with Crippen molar-refractivity contribution in [1.82, 2.24) is 9.97 Å². The maximum Gasteiger partial charge on any atom is 0.0702 e. The Morgan fingerprint density at radius 2 is 1.83 bits per heavy atom. The predicted molar refractivity (Wildman–Crippen MR) is 72.0 cm³/mol. The molecule has 3 rings (SSSR count). The third-order valence-electron chi connectivity index (χ3n) is 3.03. The lowest BCUT2D eigenvalue weighted by atomic mass is 9.99. The molecule has 0 aliphatic carbocycles. The van der Waals surface area contributed by atoms with E-state index in [9.17, 15) is 0 Å². The van der Waals surface area contributed by atoms with Gasteiger partial charge in [-0.25, -0.2) is 0 Å². The topological polar surface area (TPSA) is 51.8 Å². The van der Waals surface area contributed by atoms with Crippen molar-refractivity contribution >= 4 is 10.9 Å². The van der Waals surface area contributed by atoms with Crippen LogP contribution >= 0.6 is 0 Å². The number of hydrogen-bond donors (Lipinski definition) is 1. The van der Waals surface area contributed by atoms with Gasteiger partial charge in [-0.3, -0.25) is 9.97 Å². The standard InChI is InChI=1S/C15H13N3/c16-15(13-4-1-7-17-10-13)12-5-6-14-11(9-12)3-2-8-18-14/h1-10,15H,16H2. The monoisotopic (exact) mass is 235 g/mol. The highest BCUT2D eigenvalue weighted by molar-refractivity contribution is 5.79. The van der Waals surface area contributed by atoms with Crippen molar-refractivity contribution in [1.29, 1.82) is 0 Å². The van der Waals surface area contributed by atoms with Crippen LogP contribution in [0, 0.1) is 0 Å². The van der Waals surface area contributed by atoms with Gasteiger partial charge in [-0.2, -0.15) is 0 Å². The molecule has 2 N–H and O–H groups in total. The minimum atomic E-state index is -0.150. The van der Waals surface area contributed by atoms with Crippen LogP contribution in [0.25, 0.3) is 10.9 Å². The van der Waals surface area contributed by atoms with Crippen molar-refractivity contribution in [3.8, 4) is 0 Å². The van der Waals surface area contributed by atoms with E-state index >= 15 is 0 Å². The zero-order valence-electron chi connectivity index (χ0n) is 9.82. The van der Waals surface area contributed by atoms with E-state index in [-0.39, 0.29) is 6.04 Å². The predicted octanol–water partition coefficient (Wildman–Crippen LogP) is 2.68. The molecule has 1 aromatic carbocycles. The Hall–Kier alpha value is -2.26. The molecule has 2 aromatic heterocycles. The SMILES string of the molecule is NC(c1cccnc1)c1ccc2ncccc2c1. The Morgan fingerprint density at radius 3 is 2.67 bits per heavy atom. The van der Waals surface area contributed by atoms with Gasteiger partial charge >= 0.3 is 0 Å². The van der Waals surface area contributed by atoms with Crippen LogP contribution in [0.5, 0.6) is 0 Å². The largest absolute Gasteiger partial charge is 0.320 e. The summed E-state index contributed by atoms with van der Waals surface area (Å²) in [6, 6.07) is 13.8. The molecule has 18 heavy (non-hydrogen) atoms. The molecule has 0 saturated heterocycles. The van der Waals surface area contributed by atoms with Crippen LogP contribution in [0.2, 0.25) is 0 Å². The van der Waals surface area contributed by atoms with Crippen LogP contribution in [-0.4, -0.2) is 9.97 Å². The second-order valence-electron chi connectivity index (χ2n) is 4.22. The summed E-state index contributed by atoms with van der Waals surface area (Å²) in [4.78, 5) is 8.40. The zero-order chi connectivity index (χ0) is 12.4. The number of nitrogens with two attached hydrogens (primary N) is 1. The van der Waals surface area contributed by atoms with Gasteiger partial charge in [-0.05, 0) is 35.4 Å². The second kappa shape index (κ2) is 4.55. The Bertz CT molecular complexity index is 665. The molecule has 0 spiro atoms. The smallest absolute Gasteiger partial charge is 0.0702 e. The van der Waals surface area contributed by atoms with E-state index in [1.807, 2.05) is 36.4 Å². The van der Waals surface area contributed by atoms with E-state index < -0.39 is 0 Å². The Morgan fingerprint density at radius 1 is 0.944 bits per heavy atom. The van der Waals surface area contributed by atoms with Gasteiger partial charge in [-0.15, -0.1) is 0 Å². The fourth-order valence-corrected chi connectivity index (χ4v) is 2.04. The van der Waals surface area contributed by atoms with Gasteiger partial charge in [0.15, 0.2) is 0 Å². The van der Waals surface area contributed by atoms with Gasteiger partial charge in [0.25, 0.3) is 0 Å². The molecule has 0 aliphatic rings. The number of aromatic nitrogens is 2. The average Bonchev–Trinajstić information content (AvgIpc) is 2.47. The lowest BCUT2D eigenvalue weighted by Crippen LogP contribution is -2.11. The highest BCUT2D eigenvalue weighted by Gasteiger charge is 2.09. The fraction of sp³-hybridized carbons (Fsp3) is 0.0667. The number of hydrogen-bond acceptors (Lipinski definition) is 3. The minimum Gasteiger partial charge on any atom is -0.320 e. The molecule has 1 unspecified atom stereocenters. The fourth-order valence-electron chi connectivity index (χ4n) is 2.04. The summed E-state index contributed by atoms with van der Waals surface area (Å²) < 4.78 is 0. The molecule has 3 aromatic rings. The lowest BCUT2D eigenvalue weighted by molar-refractivity contribution is 0.865. The number of nitrogens with zero attached hydrogens (tertiary/aromatic N) is 2. The molecular formula is C15H13N3. The van der Waals surface area contributed by atoms with Crippen molar-refractivity contribution in [3.05, 3.63) is 72.2 Å². The van der Waals surface area contributed by atoms with Crippen molar-refractivity contribution in [2.75, 3.05) is 0 Å². The summed E-state index contributed by atoms with van der Waals surface area (Å²) in [5.41, 5.74) is 9.32. The molecule has 1 atom stereocenters. The van der Waals surface area contributed by atoms with Gasteiger partial charge in [0.2, 0.25) is 0 Å². The van der Waals surface area contributed by atoms with Gasteiger partial charge in [0.1, 0.15) is 0 Å². The van der Waals surface area contributed by atoms with E-state index in [4.69, 9.17) is 5.73 Å². The van der Waals surface area contributed by atoms with Crippen LogP contribution in [-0.2, 0) is 0 Å². The number of pyridine rings is 2. The quantitative estimate of drug-likeness (QED) is 0.743. The molecule has 0 amide bonds. The molecule has 0 aliphatic heterocycles. The van der Waals surface area contributed by atoms with E-state index in [0.717, 1.165) is 22.0 Å². The molecule has 0 bridgehead atoms. The third-order valence-corrected chi connectivity index (χ3v) is 3.03. The van der Waals surface area contributed by atoms with Crippen LogP contribution in [0.1, 0.15) is 17.2 Å². The molecule has 0 radical (unpaired) electrons. The lowest BCUT2D eigenvalue weighted by Gasteiger charge is -2.12. The Balaban J connectivity index is 2.04. The summed E-state index contributed by atoms with van der Waals surface area (Å²) in [6.07, 6.45) is 5.35. The summed E-state index contributed by atoms with van der Waals surface area (Å²) in [5.74, 6) is 0. The normalized spacial score (nSPS) is 12.5. The van der Waals surface area contributed by atoms with Crippen molar-refractivity contribution in [2.45, 2.75) is 6.04 Å². The van der Waals surface area contributed by atoms with Crippen molar-refractivity contribution < 1.29 is 0 Å². The van der Waals surface area contributed by atoms with Gasteiger partial charge in [0, 0.05) is 24.0 Å². The van der Waals surface area contributed by atoms with Gasteiger partial charge in [-0.1, -0.05) is 18.2 Å². The molecule has 2 heterocycles. The zero-order valence-corrected chi connectivity index (χ0v) is 9.82. The van der Waals surface area contributed by atoms with Crippen LogP contribution in [0.4, 0.5) is 0 Å². The first-order valence-electron chi connectivity index (χ1n) is 5.85. The molecular weight excluding hydrogens is 222 g/mol. The number of benzene rings is 1. The highest BCUT2D eigenvalue weighted by Crippen LogP contribution is 2.22. The van der Waals surface area contributed by atoms with E-state index in [1.165, 1.54) is 0 Å². The summed E-state index contributed by atoms with van der Waals surface area (Å²) in [5, 5.41) is 1.11. The highest BCUT2D eigenvalue weighted by atomic mass is 14.7. The Labute approximate surface area is 105 Å². The van der Waals surface area contributed by atoms with Crippen LogP contribution < -0.4 is 5.73 Å². The summed E-state index contributed by atoms with van der Waals surface area (Å²) in [6.45, 7) is 0. The van der Waals surface area contributed by atoms with Crippen molar-refractivity contribution in [2.24, 2.45) is 5.73 Å². The first-order valence-corrected chi connectivity index (χ1v) is 5.85. The minimum absolute atomic E-state index is 0.150. The molecule has 3 heteroatoms. The van der Waals surface area contributed by atoms with Crippen LogP contribution in [0.15, 0.2) is 61.1 Å². The first-order chi connectivity index (χ1) is 8.84. The molecule has 88 valence electrons. The average molecular weight is 235 g/mol. The number of rotatable bonds is 2. The van der Waals surface area contributed by atoms with Gasteiger partial charge < -0.3 is 5.73 Å². The molecule has 0 saturated carbocycles. The second-order valence-corrected chi connectivity index (χ2v) is 4.22. The molecule has 0 fully saturated rings. The van der Waals surface area contributed by atoms with E-state index in [1.54, 1.807) is 18.6 Å². The van der Waals surface area contributed by atoms with E-state index in [2.05, 4.69) is 16.0 Å². The molecule has 3 nitrogen and oxygen atoms in total. The third kappa shape index (κ3) is 1.96. The number of fused-ring (bicyclic) bond motifs is 1. The van der Waals surface area contributed by atoms with E-state index in [0.29, 0.717) is 0 Å². The summed E-state index contributed by atoms with van der Waals surface area (Å²) >= 11 is 0. The Kier molecular flexibility index (Phi) is 2.74. The first kappa shape index (κ1) is 10.9. The summed E-state index contributed by atoms with van der Waals surface area (Å²) in [7, 11) is 0. The van der Waals surface area contributed by atoms with Crippen molar-refractivity contribution in [3.63, 3.8) is 0 Å². The van der Waals surface area contributed by atoms with Crippen LogP contribution in [0.3, 0.4) is 0 Å². The van der Waals surface area contributed by atoms with Gasteiger partial charge in [0.05, 0.1) is 11.6 Å². The maximum atomic E-state index is 6.25. The maximum absolute atomic E-state index is 6.25.